The standard InChI is InChI=1S/C27H33FN4O5/c1-17-14-31(15-20(17)12-30-26(34)25(36-3)19-7-5-4-6-8-19)24-10-9-21(11-23(24)28)32-16-22(37-27(32)35)13-29-18(2)33/h4-11,17,20,22,25H,12-16H2,1-3H3,(H,29,33)(H,30,34)/t17-,20+,22?,25+/m1/s1. The maximum atomic E-state index is 15.2. The largest absolute Gasteiger partial charge is 0.442 e. The first kappa shape index (κ1) is 26.4. The van der Waals surface area contributed by atoms with E-state index in [9.17, 15) is 14.4 Å². The highest BCUT2D eigenvalue weighted by molar-refractivity contribution is 5.90. The van der Waals surface area contributed by atoms with Gasteiger partial charge in [0.25, 0.3) is 5.91 Å². The Bertz CT molecular complexity index is 1130. The third-order valence-electron chi connectivity index (χ3n) is 6.92. The van der Waals surface area contributed by atoms with Crippen LogP contribution in [0.2, 0.25) is 0 Å². The van der Waals surface area contributed by atoms with Gasteiger partial charge in [0.05, 0.1) is 24.5 Å². The summed E-state index contributed by atoms with van der Waals surface area (Å²) >= 11 is 0. The minimum absolute atomic E-state index is 0.138. The van der Waals surface area contributed by atoms with Gasteiger partial charge in [-0.15, -0.1) is 0 Å². The number of ether oxygens (including phenoxy) is 2. The van der Waals surface area contributed by atoms with E-state index < -0.39 is 24.1 Å². The van der Waals surface area contributed by atoms with Crippen molar-refractivity contribution in [1.82, 2.24) is 10.6 Å². The zero-order valence-electron chi connectivity index (χ0n) is 21.3. The average Bonchev–Trinajstić information content (AvgIpc) is 3.44. The third-order valence-corrected chi connectivity index (χ3v) is 6.92. The monoisotopic (exact) mass is 512 g/mol. The molecule has 0 radical (unpaired) electrons. The molecular weight excluding hydrogens is 479 g/mol. The molecule has 2 fully saturated rings. The number of nitrogens with zero attached hydrogens (tertiary/aromatic N) is 2. The van der Waals surface area contributed by atoms with Crippen molar-refractivity contribution < 1.29 is 28.2 Å². The van der Waals surface area contributed by atoms with Crippen LogP contribution in [0.25, 0.3) is 0 Å². The first-order chi connectivity index (χ1) is 17.8. The molecule has 9 nitrogen and oxygen atoms in total. The van der Waals surface area contributed by atoms with Crippen molar-refractivity contribution in [3.63, 3.8) is 0 Å². The molecule has 0 spiro atoms. The fourth-order valence-electron chi connectivity index (χ4n) is 4.86. The van der Waals surface area contributed by atoms with Gasteiger partial charge in [-0.05, 0) is 35.6 Å². The van der Waals surface area contributed by atoms with Gasteiger partial charge in [-0.25, -0.2) is 9.18 Å². The molecule has 0 aliphatic carbocycles. The van der Waals surface area contributed by atoms with Gasteiger partial charge in [0.2, 0.25) is 5.91 Å². The molecule has 2 aromatic rings. The Hall–Kier alpha value is -3.66. The molecule has 0 saturated carbocycles. The Morgan fingerprint density at radius 3 is 2.54 bits per heavy atom. The first-order valence-corrected chi connectivity index (χ1v) is 12.4. The Morgan fingerprint density at radius 2 is 1.86 bits per heavy atom. The molecule has 0 aromatic heterocycles. The minimum Gasteiger partial charge on any atom is -0.442 e. The summed E-state index contributed by atoms with van der Waals surface area (Å²) in [6, 6.07) is 14.0. The summed E-state index contributed by atoms with van der Waals surface area (Å²) in [7, 11) is 1.51. The summed E-state index contributed by atoms with van der Waals surface area (Å²) < 4.78 is 25.9. The second-order valence-corrected chi connectivity index (χ2v) is 9.60. The van der Waals surface area contributed by atoms with E-state index in [4.69, 9.17) is 9.47 Å². The van der Waals surface area contributed by atoms with Gasteiger partial charge >= 0.3 is 6.09 Å². The number of rotatable bonds is 9. The normalized spacial score (nSPS) is 22.1. The Balaban J connectivity index is 1.35. The van der Waals surface area contributed by atoms with Crippen molar-refractivity contribution in [2.75, 3.05) is 49.6 Å². The van der Waals surface area contributed by atoms with Crippen LogP contribution in [0.15, 0.2) is 48.5 Å². The lowest BCUT2D eigenvalue weighted by molar-refractivity contribution is -0.131. The molecule has 0 bridgehead atoms. The second kappa shape index (κ2) is 11.6. The highest BCUT2D eigenvalue weighted by atomic mass is 19.1. The number of amides is 3. The van der Waals surface area contributed by atoms with Gasteiger partial charge in [0.15, 0.2) is 6.10 Å². The summed E-state index contributed by atoms with van der Waals surface area (Å²) in [6.45, 7) is 5.60. The zero-order valence-corrected chi connectivity index (χ0v) is 21.3. The quantitative estimate of drug-likeness (QED) is 0.536. The Morgan fingerprint density at radius 1 is 1.11 bits per heavy atom. The molecule has 2 heterocycles. The number of benzene rings is 2. The maximum absolute atomic E-state index is 15.2. The number of methoxy groups -OCH3 is 1. The fraction of sp³-hybridized carbons (Fsp3) is 0.444. The lowest BCUT2D eigenvalue weighted by Gasteiger charge is -2.22. The van der Waals surface area contributed by atoms with Crippen LogP contribution in [0.3, 0.4) is 0 Å². The van der Waals surface area contributed by atoms with Crippen LogP contribution >= 0.6 is 0 Å². The molecular formula is C27H33FN4O5. The highest BCUT2D eigenvalue weighted by Gasteiger charge is 2.35. The number of anilines is 2. The van der Waals surface area contributed by atoms with Crippen LogP contribution in [0.4, 0.5) is 20.6 Å². The lowest BCUT2D eigenvalue weighted by atomic mass is 9.98. The molecule has 4 atom stereocenters. The summed E-state index contributed by atoms with van der Waals surface area (Å²) in [5, 5.41) is 5.62. The van der Waals surface area contributed by atoms with Crippen molar-refractivity contribution in [2.24, 2.45) is 11.8 Å². The molecule has 2 aliphatic rings. The van der Waals surface area contributed by atoms with Crippen molar-refractivity contribution in [3.8, 4) is 0 Å². The molecule has 2 aliphatic heterocycles. The molecule has 10 heteroatoms. The molecule has 1 unspecified atom stereocenters. The van der Waals surface area contributed by atoms with Gasteiger partial charge in [0.1, 0.15) is 11.9 Å². The average molecular weight is 513 g/mol. The fourth-order valence-corrected chi connectivity index (χ4v) is 4.86. The number of hydrogen-bond acceptors (Lipinski definition) is 6. The van der Waals surface area contributed by atoms with E-state index >= 15 is 4.39 Å². The number of carbonyl (C=O) groups is 3. The van der Waals surface area contributed by atoms with E-state index in [2.05, 4.69) is 17.6 Å². The van der Waals surface area contributed by atoms with Crippen molar-refractivity contribution in [3.05, 3.63) is 59.9 Å². The summed E-state index contributed by atoms with van der Waals surface area (Å²) in [4.78, 5) is 39.5. The summed E-state index contributed by atoms with van der Waals surface area (Å²) in [6.07, 6.45) is -1.75. The van der Waals surface area contributed by atoms with Crippen molar-refractivity contribution >= 4 is 29.3 Å². The SMILES string of the molecule is CO[C@H](C(=O)NC[C@H]1CN(c2ccc(N3CC(CNC(C)=O)OC3=O)cc2F)C[C@H]1C)c1ccccc1. The minimum atomic E-state index is -0.686. The predicted molar refractivity (Wildman–Crippen MR) is 137 cm³/mol. The zero-order chi connectivity index (χ0) is 26.5. The van der Waals surface area contributed by atoms with Crippen LogP contribution in [0.5, 0.6) is 0 Å². The summed E-state index contributed by atoms with van der Waals surface area (Å²) in [5.74, 6) is -0.475. The van der Waals surface area contributed by atoms with Gasteiger partial charge in [-0.1, -0.05) is 37.3 Å². The van der Waals surface area contributed by atoms with Crippen LogP contribution in [-0.4, -0.2) is 63.8 Å². The number of carbonyl (C=O) groups excluding carboxylic acids is 3. The van der Waals surface area contributed by atoms with Crippen molar-refractivity contribution in [2.45, 2.75) is 26.1 Å². The lowest BCUT2D eigenvalue weighted by Crippen LogP contribution is -2.36. The van der Waals surface area contributed by atoms with E-state index in [1.807, 2.05) is 35.2 Å². The molecule has 2 aromatic carbocycles. The molecule has 4 rings (SSSR count). The number of hydrogen-bond donors (Lipinski definition) is 2. The Kier molecular flexibility index (Phi) is 8.27. The summed E-state index contributed by atoms with van der Waals surface area (Å²) in [5.41, 5.74) is 1.64. The van der Waals surface area contributed by atoms with Crippen LogP contribution in [-0.2, 0) is 19.1 Å². The van der Waals surface area contributed by atoms with Crippen LogP contribution in [0.1, 0.15) is 25.5 Å². The second-order valence-electron chi connectivity index (χ2n) is 9.60. The molecule has 37 heavy (non-hydrogen) atoms. The van der Waals surface area contributed by atoms with Gasteiger partial charge in [0, 0.05) is 33.7 Å². The topological polar surface area (TPSA) is 100 Å². The molecule has 2 saturated heterocycles. The predicted octanol–water partition coefficient (Wildman–Crippen LogP) is 2.86. The van der Waals surface area contributed by atoms with Crippen molar-refractivity contribution in [1.29, 1.82) is 0 Å². The van der Waals surface area contributed by atoms with Gasteiger partial charge in [-0.2, -0.15) is 0 Å². The van der Waals surface area contributed by atoms with E-state index in [0.717, 1.165) is 5.56 Å². The van der Waals surface area contributed by atoms with Crippen LogP contribution < -0.4 is 20.4 Å². The van der Waals surface area contributed by atoms with Gasteiger partial charge < -0.3 is 25.0 Å². The highest BCUT2D eigenvalue weighted by Crippen LogP contribution is 2.33. The number of cyclic esters (lactones) is 1. The maximum Gasteiger partial charge on any atom is 0.414 e. The number of halogens is 1. The third kappa shape index (κ3) is 6.19. The first-order valence-electron chi connectivity index (χ1n) is 12.4. The molecule has 198 valence electrons. The smallest absolute Gasteiger partial charge is 0.414 e. The van der Waals surface area contributed by atoms with E-state index in [1.165, 1.54) is 25.0 Å². The van der Waals surface area contributed by atoms with Crippen LogP contribution in [0, 0.1) is 17.7 Å². The van der Waals surface area contributed by atoms with Gasteiger partial charge in [-0.3, -0.25) is 14.5 Å². The molecule has 2 N–H and O–H groups in total. The van der Waals surface area contributed by atoms with E-state index in [1.54, 1.807) is 12.1 Å². The Labute approximate surface area is 215 Å². The number of nitrogens with one attached hydrogen (secondary N) is 2. The molecule has 3 amide bonds. The van der Waals surface area contributed by atoms with E-state index in [0.29, 0.717) is 31.0 Å². The van der Waals surface area contributed by atoms with E-state index in [-0.39, 0.29) is 36.7 Å².